The highest BCUT2D eigenvalue weighted by molar-refractivity contribution is 8.01. The summed E-state index contributed by atoms with van der Waals surface area (Å²) in [5, 5.41) is 29.8. The van der Waals surface area contributed by atoms with Gasteiger partial charge in [-0.1, -0.05) is 58.7 Å². The van der Waals surface area contributed by atoms with Crippen LogP contribution in [0.15, 0.2) is 77.4 Å². The average Bonchev–Trinajstić information content (AvgIpc) is 3.76. The number of aromatic amines is 1. The van der Waals surface area contributed by atoms with Gasteiger partial charge in [-0.05, 0) is 57.2 Å². The highest BCUT2D eigenvalue weighted by Crippen LogP contribution is 2.50. The molecule has 4 amide bonds. The van der Waals surface area contributed by atoms with E-state index in [1.165, 1.54) is 16.7 Å². The lowest BCUT2D eigenvalue weighted by Crippen LogP contribution is -2.70. The number of benzene rings is 3. The number of urea groups is 1. The van der Waals surface area contributed by atoms with Crippen molar-refractivity contribution in [2.24, 2.45) is 0 Å². The van der Waals surface area contributed by atoms with E-state index in [1.807, 2.05) is 36.4 Å². The standard InChI is InChI=1S/C19H19N3O5S.C14H10Cl2N4O/c1-9-11(12(21-27-9)10-7-5-4-6-8-10)15(23)20-13-16(24)22-14(18(25)26)19(2,3)28-17(13)22;15-11-4-3-9(5-12(11)16)18-14(21)19-10-2-1-8-7-17-20-13(8)6-10/h4-8,13-14,17H,1-3H3,(H,20,23)(H,25,26);1-7H,(H,17,20)(H2,18,19,21)/t13-,14+,17-;/m1./s1. The molecule has 2 aromatic heterocycles. The van der Waals surface area contributed by atoms with E-state index >= 15 is 0 Å². The number of nitrogens with one attached hydrogen (secondary N) is 4. The Morgan fingerprint density at radius 3 is 2.39 bits per heavy atom. The van der Waals surface area contributed by atoms with Gasteiger partial charge in [0.1, 0.15) is 34.5 Å². The van der Waals surface area contributed by atoms with Crippen LogP contribution in [0.4, 0.5) is 16.2 Å². The second-order valence-electron chi connectivity index (χ2n) is 11.8. The summed E-state index contributed by atoms with van der Waals surface area (Å²) in [5.41, 5.74) is 3.47. The zero-order valence-electron chi connectivity index (χ0n) is 26.2. The van der Waals surface area contributed by atoms with E-state index in [-0.39, 0.29) is 17.5 Å². The Kier molecular flexibility index (Phi) is 9.29. The summed E-state index contributed by atoms with van der Waals surface area (Å²) in [7, 11) is 0. The van der Waals surface area contributed by atoms with E-state index in [0.717, 1.165) is 16.5 Å². The number of carbonyl (C=O) groups is 4. The number of aliphatic carboxylic acids is 1. The lowest BCUT2D eigenvalue weighted by atomic mass is 9.95. The van der Waals surface area contributed by atoms with Gasteiger partial charge in [0.05, 0.1) is 21.8 Å². The largest absolute Gasteiger partial charge is 0.480 e. The Bertz CT molecular complexity index is 2090. The molecule has 5 N–H and O–H groups in total. The highest BCUT2D eigenvalue weighted by atomic mass is 35.5. The third-order valence-corrected chi connectivity index (χ3v) is 10.3. The second kappa shape index (κ2) is 13.5. The smallest absolute Gasteiger partial charge is 0.327 e. The number of H-pyrrole nitrogens is 1. The van der Waals surface area contributed by atoms with Crippen molar-refractivity contribution < 1.29 is 28.8 Å². The van der Waals surface area contributed by atoms with Gasteiger partial charge in [-0.25, -0.2) is 9.59 Å². The topological polar surface area (TPSA) is 183 Å². The summed E-state index contributed by atoms with van der Waals surface area (Å²) in [6.07, 6.45) is 1.72. The van der Waals surface area contributed by atoms with E-state index in [1.54, 1.807) is 57.3 Å². The van der Waals surface area contributed by atoms with E-state index < -0.39 is 34.1 Å². The first-order valence-electron chi connectivity index (χ1n) is 14.9. The molecule has 252 valence electrons. The van der Waals surface area contributed by atoms with Crippen molar-refractivity contribution in [3.8, 4) is 11.3 Å². The third-order valence-electron chi connectivity index (χ3n) is 7.98. The molecule has 0 bridgehead atoms. The minimum absolute atomic E-state index is 0.273. The van der Waals surface area contributed by atoms with Crippen LogP contribution in [0.3, 0.4) is 0 Å². The summed E-state index contributed by atoms with van der Waals surface area (Å²) in [6.45, 7) is 5.22. The van der Waals surface area contributed by atoms with Crippen LogP contribution < -0.4 is 16.0 Å². The number of carboxylic acids is 1. The minimum atomic E-state index is -1.04. The summed E-state index contributed by atoms with van der Waals surface area (Å²) in [5.74, 6) is -1.55. The van der Waals surface area contributed by atoms with E-state index in [0.29, 0.717) is 32.9 Å². The van der Waals surface area contributed by atoms with Gasteiger partial charge in [-0.2, -0.15) is 5.10 Å². The molecule has 5 aromatic rings. The lowest BCUT2D eigenvalue weighted by molar-refractivity contribution is -0.159. The van der Waals surface area contributed by atoms with Gasteiger partial charge in [-0.15, -0.1) is 11.8 Å². The Morgan fingerprint density at radius 2 is 1.69 bits per heavy atom. The lowest BCUT2D eigenvalue weighted by Gasteiger charge is -2.43. The molecule has 0 unspecified atom stereocenters. The molecule has 3 aromatic carbocycles. The summed E-state index contributed by atoms with van der Waals surface area (Å²) < 4.78 is 4.57. The molecule has 2 saturated heterocycles. The number of halogens is 2. The number of anilines is 2. The zero-order valence-corrected chi connectivity index (χ0v) is 28.5. The molecule has 16 heteroatoms. The van der Waals surface area contributed by atoms with Crippen molar-refractivity contribution in [3.05, 3.63) is 94.3 Å². The number of amides is 4. The Balaban J connectivity index is 0.000000177. The van der Waals surface area contributed by atoms with Crippen molar-refractivity contribution in [1.82, 2.24) is 25.6 Å². The fraction of sp³-hybridized carbons (Fsp3) is 0.212. The van der Waals surface area contributed by atoms with Gasteiger partial charge >= 0.3 is 12.0 Å². The Labute approximate surface area is 293 Å². The maximum Gasteiger partial charge on any atom is 0.327 e. The van der Waals surface area contributed by atoms with Gasteiger partial charge in [0.15, 0.2) is 0 Å². The molecule has 0 aliphatic carbocycles. The summed E-state index contributed by atoms with van der Waals surface area (Å²) >= 11 is 13.1. The van der Waals surface area contributed by atoms with Crippen LogP contribution >= 0.6 is 35.0 Å². The number of hydrogen-bond acceptors (Lipinski definition) is 8. The second-order valence-corrected chi connectivity index (χ2v) is 14.3. The zero-order chi connectivity index (χ0) is 35.0. The molecule has 2 aliphatic heterocycles. The Morgan fingerprint density at radius 1 is 1.00 bits per heavy atom. The number of thioether (sulfide) groups is 1. The monoisotopic (exact) mass is 721 g/mol. The molecule has 49 heavy (non-hydrogen) atoms. The van der Waals surface area contributed by atoms with Crippen molar-refractivity contribution >= 4 is 81.1 Å². The third kappa shape index (κ3) is 6.80. The number of β-lactam (4-membered cyclic amide) rings is 1. The number of carboxylic acid groups (broad SMARTS) is 1. The molecule has 2 fully saturated rings. The molecular weight excluding hydrogens is 693 g/mol. The van der Waals surface area contributed by atoms with Crippen LogP contribution in [-0.4, -0.2) is 71.4 Å². The van der Waals surface area contributed by atoms with Gasteiger partial charge < -0.3 is 30.5 Å². The number of aromatic nitrogens is 3. The highest BCUT2D eigenvalue weighted by Gasteiger charge is 2.64. The average molecular weight is 723 g/mol. The molecule has 3 atom stereocenters. The SMILES string of the molecule is Cc1onc(-c2ccccc2)c1C(=O)N[C@@H]1C(=O)N2[C@@H]1SC(C)(C)[C@@H]2C(=O)O.O=C(Nc1ccc(Cl)c(Cl)c1)Nc1ccc2cn[nH]c2c1. The first-order chi connectivity index (χ1) is 23.3. The quantitative estimate of drug-likeness (QED) is 0.124. The van der Waals surface area contributed by atoms with Gasteiger partial charge in [-0.3, -0.25) is 14.7 Å². The Hall–Kier alpha value is -5.05. The molecule has 7 rings (SSSR count). The van der Waals surface area contributed by atoms with Crippen LogP contribution in [-0.2, 0) is 9.59 Å². The van der Waals surface area contributed by atoms with Crippen LogP contribution in [0.2, 0.25) is 10.0 Å². The minimum Gasteiger partial charge on any atom is -0.480 e. The molecule has 13 nitrogen and oxygen atoms in total. The van der Waals surface area contributed by atoms with Gasteiger partial charge in [0.2, 0.25) is 5.91 Å². The molecule has 2 aliphatic rings. The van der Waals surface area contributed by atoms with Crippen LogP contribution in [0.1, 0.15) is 30.0 Å². The van der Waals surface area contributed by atoms with Crippen LogP contribution in [0.5, 0.6) is 0 Å². The van der Waals surface area contributed by atoms with Crippen LogP contribution in [0.25, 0.3) is 22.2 Å². The molecule has 0 spiro atoms. The van der Waals surface area contributed by atoms with Gasteiger partial charge in [0, 0.05) is 27.1 Å². The van der Waals surface area contributed by atoms with Crippen molar-refractivity contribution in [3.63, 3.8) is 0 Å². The van der Waals surface area contributed by atoms with Crippen LogP contribution in [0, 0.1) is 6.92 Å². The number of carbonyl (C=O) groups excluding carboxylic acids is 3. The molecular formula is C33H29Cl2N7O6S. The first-order valence-corrected chi connectivity index (χ1v) is 16.5. The number of nitrogens with zero attached hydrogens (tertiary/aromatic N) is 3. The normalized spacial score (nSPS) is 18.9. The number of hydrogen-bond donors (Lipinski definition) is 5. The number of rotatable bonds is 6. The molecule has 4 heterocycles. The molecule has 0 saturated carbocycles. The van der Waals surface area contributed by atoms with E-state index in [9.17, 15) is 24.3 Å². The van der Waals surface area contributed by atoms with Crippen molar-refractivity contribution in [2.75, 3.05) is 10.6 Å². The first kappa shape index (κ1) is 33.8. The molecule has 0 radical (unpaired) electrons. The summed E-state index contributed by atoms with van der Waals surface area (Å²) in [4.78, 5) is 50.4. The van der Waals surface area contributed by atoms with E-state index in [4.69, 9.17) is 27.7 Å². The number of fused-ring (bicyclic) bond motifs is 2. The fourth-order valence-corrected chi connectivity index (χ4v) is 7.60. The predicted octanol–water partition coefficient (Wildman–Crippen LogP) is 6.41. The van der Waals surface area contributed by atoms with Crippen molar-refractivity contribution in [1.29, 1.82) is 0 Å². The predicted molar refractivity (Wildman–Crippen MR) is 187 cm³/mol. The summed E-state index contributed by atoms with van der Waals surface area (Å²) in [6, 6.07) is 17.4. The number of aryl methyl sites for hydroxylation is 1. The fourth-order valence-electron chi connectivity index (χ4n) is 5.67. The van der Waals surface area contributed by atoms with Crippen molar-refractivity contribution in [2.45, 2.75) is 43.0 Å². The maximum atomic E-state index is 12.9. The van der Waals surface area contributed by atoms with Gasteiger partial charge in [0.25, 0.3) is 5.91 Å². The van der Waals surface area contributed by atoms with E-state index in [2.05, 4.69) is 31.3 Å². The maximum absolute atomic E-state index is 12.9.